The summed E-state index contributed by atoms with van der Waals surface area (Å²) in [7, 11) is 0. The number of benzene rings is 3. The Labute approximate surface area is 129 Å². The van der Waals surface area contributed by atoms with Crippen molar-refractivity contribution in [3.05, 3.63) is 76.5 Å². The highest BCUT2D eigenvalue weighted by molar-refractivity contribution is 9.10. The smallest absolute Gasteiger partial charge is 0.343 e. The van der Waals surface area contributed by atoms with Crippen molar-refractivity contribution in [2.45, 2.75) is 0 Å². The Kier molecular flexibility index (Phi) is 3.71. The molecule has 4 heteroatoms. The lowest BCUT2D eigenvalue weighted by Crippen LogP contribution is -2.08. The van der Waals surface area contributed by atoms with Crippen LogP contribution in [0, 0.1) is 5.82 Å². The molecule has 0 atom stereocenters. The lowest BCUT2D eigenvalue weighted by molar-refractivity contribution is 0.0735. The number of hydrogen-bond acceptors (Lipinski definition) is 2. The molecule has 0 aromatic heterocycles. The topological polar surface area (TPSA) is 26.3 Å². The fraction of sp³-hybridized carbons (Fsp3) is 0. The lowest BCUT2D eigenvalue weighted by Gasteiger charge is -2.06. The maximum absolute atomic E-state index is 12.8. The first kappa shape index (κ1) is 13.8. The number of carbonyl (C=O) groups excluding carboxylic acids is 1. The molecule has 0 amide bonds. The summed E-state index contributed by atoms with van der Waals surface area (Å²) in [5, 5.41) is 2.02. The van der Waals surface area contributed by atoms with Gasteiger partial charge in [0.05, 0.1) is 5.56 Å². The van der Waals surface area contributed by atoms with E-state index in [0.29, 0.717) is 11.3 Å². The highest BCUT2D eigenvalue weighted by atomic mass is 79.9. The van der Waals surface area contributed by atoms with E-state index in [9.17, 15) is 9.18 Å². The molecule has 3 aromatic carbocycles. The third-order valence-electron chi connectivity index (χ3n) is 3.06. The molecule has 21 heavy (non-hydrogen) atoms. The zero-order valence-electron chi connectivity index (χ0n) is 10.8. The summed E-state index contributed by atoms with van der Waals surface area (Å²) >= 11 is 3.41. The third kappa shape index (κ3) is 3.11. The molecule has 0 aliphatic heterocycles. The van der Waals surface area contributed by atoms with Gasteiger partial charge in [-0.15, -0.1) is 0 Å². The number of ether oxygens (including phenoxy) is 1. The summed E-state index contributed by atoms with van der Waals surface area (Å²) in [6.07, 6.45) is 0. The van der Waals surface area contributed by atoms with Crippen LogP contribution >= 0.6 is 15.9 Å². The predicted molar refractivity (Wildman–Crippen MR) is 83.0 cm³/mol. The standard InChI is InChI=1S/C17H10BrFO2/c18-14-5-1-13-10-16(8-4-12(13)9-14)21-17(20)11-2-6-15(19)7-3-11/h1-10H. The number of fused-ring (bicyclic) bond motifs is 1. The van der Waals surface area contributed by atoms with Gasteiger partial charge in [0.1, 0.15) is 11.6 Å². The quantitative estimate of drug-likeness (QED) is 0.485. The highest BCUT2D eigenvalue weighted by Crippen LogP contribution is 2.24. The zero-order valence-corrected chi connectivity index (χ0v) is 12.4. The van der Waals surface area contributed by atoms with Gasteiger partial charge in [0.15, 0.2) is 0 Å². The SMILES string of the molecule is O=C(Oc1ccc2cc(Br)ccc2c1)c1ccc(F)cc1. The average molecular weight is 345 g/mol. The number of carbonyl (C=O) groups is 1. The van der Waals surface area contributed by atoms with Gasteiger partial charge in [-0.1, -0.05) is 28.1 Å². The Morgan fingerprint density at radius 3 is 2.33 bits per heavy atom. The fourth-order valence-electron chi connectivity index (χ4n) is 2.01. The van der Waals surface area contributed by atoms with E-state index in [-0.39, 0.29) is 5.82 Å². The normalized spacial score (nSPS) is 10.6. The minimum absolute atomic E-state index is 0.312. The van der Waals surface area contributed by atoms with E-state index < -0.39 is 5.97 Å². The minimum atomic E-state index is -0.508. The largest absolute Gasteiger partial charge is 0.423 e. The van der Waals surface area contributed by atoms with Crippen LogP contribution in [0.5, 0.6) is 5.75 Å². The number of rotatable bonds is 2. The first-order valence-corrected chi connectivity index (χ1v) is 7.08. The summed E-state index contributed by atoms with van der Waals surface area (Å²) in [6, 6.07) is 16.5. The van der Waals surface area contributed by atoms with Crippen molar-refractivity contribution in [1.29, 1.82) is 0 Å². The summed E-state index contributed by atoms with van der Waals surface area (Å²) in [5.41, 5.74) is 0.312. The van der Waals surface area contributed by atoms with Gasteiger partial charge in [-0.25, -0.2) is 9.18 Å². The average Bonchev–Trinajstić information content (AvgIpc) is 2.48. The number of halogens is 2. The Morgan fingerprint density at radius 1 is 0.905 bits per heavy atom. The van der Waals surface area contributed by atoms with Crippen molar-refractivity contribution in [1.82, 2.24) is 0 Å². The zero-order chi connectivity index (χ0) is 14.8. The van der Waals surface area contributed by atoms with Gasteiger partial charge in [-0.2, -0.15) is 0 Å². The van der Waals surface area contributed by atoms with Crippen LogP contribution in [-0.4, -0.2) is 5.97 Å². The maximum atomic E-state index is 12.8. The van der Waals surface area contributed by atoms with Crippen LogP contribution in [0.2, 0.25) is 0 Å². The molecule has 0 N–H and O–H groups in total. The molecule has 0 unspecified atom stereocenters. The van der Waals surface area contributed by atoms with Crippen LogP contribution in [0.25, 0.3) is 10.8 Å². The van der Waals surface area contributed by atoms with Crippen LogP contribution in [-0.2, 0) is 0 Å². The van der Waals surface area contributed by atoms with E-state index in [2.05, 4.69) is 15.9 Å². The summed E-state index contributed by atoms with van der Waals surface area (Å²) < 4.78 is 19.1. The molecule has 0 saturated carbocycles. The summed E-state index contributed by atoms with van der Waals surface area (Å²) in [5.74, 6) is -0.437. The second-order valence-electron chi connectivity index (χ2n) is 4.55. The van der Waals surface area contributed by atoms with Crippen molar-refractivity contribution >= 4 is 32.7 Å². The van der Waals surface area contributed by atoms with Gasteiger partial charge in [0.25, 0.3) is 0 Å². The second kappa shape index (κ2) is 5.66. The number of hydrogen-bond donors (Lipinski definition) is 0. The Bertz CT molecular complexity index is 813. The Balaban J connectivity index is 1.85. The second-order valence-corrected chi connectivity index (χ2v) is 5.47. The van der Waals surface area contributed by atoms with Crippen molar-refractivity contribution in [3.8, 4) is 5.75 Å². The van der Waals surface area contributed by atoms with Crippen LogP contribution in [0.15, 0.2) is 65.1 Å². The van der Waals surface area contributed by atoms with E-state index in [1.54, 1.807) is 12.1 Å². The van der Waals surface area contributed by atoms with Crippen LogP contribution in [0.3, 0.4) is 0 Å². The molecule has 0 spiro atoms. The molecular weight excluding hydrogens is 335 g/mol. The van der Waals surface area contributed by atoms with E-state index in [1.807, 2.05) is 24.3 Å². The van der Waals surface area contributed by atoms with E-state index in [4.69, 9.17) is 4.74 Å². The first-order chi connectivity index (χ1) is 10.1. The van der Waals surface area contributed by atoms with Gasteiger partial charge >= 0.3 is 5.97 Å². The third-order valence-corrected chi connectivity index (χ3v) is 3.56. The lowest BCUT2D eigenvalue weighted by atomic mass is 10.1. The van der Waals surface area contributed by atoms with Gasteiger partial charge in [0.2, 0.25) is 0 Å². The molecule has 0 fully saturated rings. The van der Waals surface area contributed by atoms with Gasteiger partial charge in [-0.05, 0) is 59.3 Å². The van der Waals surface area contributed by atoms with Gasteiger partial charge < -0.3 is 4.74 Å². The van der Waals surface area contributed by atoms with E-state index in [1.165, 1.54) is 24.3 Å². The van der Waals surface area contributed by atoms with Crippen LogP contribution in [0.4, 0.5) is 4.39 Å². The molecule has 3 aromatic rings. The number of esters is 1. The fourth-order valence-corrected chi connectivity index (χ4v) is 2.39. The van der Waals surface area contributed by atoms with Crippen molar-refractivity contribution < 1.29 is 13.9 Å². The minimum Gasteiger partial charge on any atom is -0.423 e. The van der Waals surface area contributed by atoms with Crippen molar-refractivity contribution in [3.63, 3.8) is 0 Å². The Morgan fingerprint density at radius 2 is 1.57 bits per heavy atom. The molecule has 3 rings (SSSR count). The predicted octanol–water partition coefficient (Wildman–Crippen LogP) is 4.96. The van der Waals surface area contributed by atoms with Crippen molar-refractivity contribution in [2.24, 2.45) is 0 Å². The first-order valence-electron chi connectivity index (χ1n) is 6.29. The molecule has 2 nitrogen and oxygen atoms in total. The van der Waals surface area contributed by atoms with E-state index in [0.717, 1.165) is 15.2 Å². The molecule has 0 aliphatic carbocycles. The maximum Gasteiger partial charge on any atom is 0.343 e. The summed E-state index contributed by atoms with van der Waals surface area (Å²) in [4.78, 5) is 12.0. The molecule has 0 saturated heterocycles. The molecule has 0 heterocycles. The summed E-state index contributed by atoms with van der Waals surface area (Å²) in [6.45, 7) is 0. The highest BCUT2D eigenvalue weighted by Gasteiger charge is 2.09. The molecule has 0 bridgehead atoms. The van der Waals surface area contributed by atoms with E-state index >= 15 is 0 Å². The van der Waals surface area contributed by atoms with Gasteiger partial charge in [0, 0.05) is 4.47 Å². The molecule has 0 aliphatic rings. The molecular formula is C17H10BrFO2. The monoisotopic (exact) mass is 344 g/mol. The molecule has 0 radical (unpaired) electrons. The molecule has 104 valence electrons. The van der Waals surface area contributed by atoms with Crippen LogP contribution in [0.1, 0.15) is 10.4 Å². The van der Waals surface area contributed by atoms with Crippen molar-refractivity contribution in [2.75, 3.05) is 0 Å². The van der Waals surface area contributed by atoms with Crippen LogP contribution < -0.4 is 4.74 Å². The Hall–Kier alpha value is -2.20. The van der Waals surface area contributed by atoms with Gasteiger partial charge in [-0.3, -0.25) is 0 Å².